The third-order valence-corrected chi connectivity index (χ3v) is 2.92. The number of ether oxygens (including phenoxy) is 1. The molecule has 0 aliphatic carbocycles. The van der Waals surface area contributed by atoms with E-state index in [9.17, 15) is 5.11 Å². The van der Waals surface area contributed by atoms with Crippen molar-refractivity contribution in [1.82, 2.24) is 0 Å². The molecule has 0 aromatic heterocycles. The number of rotatable bonds is 3. The third-order valence-electron chi connectivity index (χ3n) is 2.61. The maximum atomic E-state index is 9.60. The minimum atomic E-state index is 0.0407. The molecule has 96 valence electrons. The van der Waals surface area contributed by atoms with Crippen LogP contribution in [0, 0.1) is 11.3 Å². The first-order valence-electron chi connectivity index (χ1n) is 5.81. The molecule has 19 heavy (non-hydrogen) atoms. The van der Waals surface area contributed by atoms with Gasteiger partial charge >= 0.3 is 0 Å². The summed E-state index contributed by atoms with van der Waals surface area (Å²) in [6, 6.07) is 12.0. The quantitative estimate of drug-likeness (QED) is 0.920. The van der Waals surface area contributed by atoms with E-state index < -0.39 is 0 Å². The smallest absolute Gasteiger partial charge is 0.120 e. The van der Waals surface area contributed by atoms with Crippen LogP contribution in [0.3, 0.4) is 0 Å². The Kier molecular flexibility index (Phi) is 3.94. The number of aromatic hydroxyl groups is 1. The Morgan fingerprint density at radius 3 is 2.68 bits per heavy atom. The fraction of sp³-hybridized carbons (Fsp3) is 0.133. The lowest BCUT2D eigenvalue weighted by Crippen LogP contribution is -1.91. The molecule has 0 amide bonds. The number of hydrogen-bond acceptors (Lipinski definition) is 3. The lowest BCUT2D eigenvalue weighted by Gasteiger charge is -2.09. The average molecular weight is 274 g/mol. The largest absolute Gasteiger partial charge is 0.508 e. The van der Waals surface area contributed by atoms with Gasteiger partial charge in [0.2, 0.25) is 0 Å². The van der Waals surface area contributed by atoms with E-state index in [0.717, 1.165) is 5.56 Å². The van der Waals surface area contributed by atoms with E-state index in [1.54, 1.807) is 24.3 Å². The van der Waals surface area contributed by atoms with Crippen LogP contribution >= 0.6 is 11.6 Å². The van der Waals surface area contributed by atoms with Crippen LogP contribution in [0.2, 0.25) is 5.02 Å². The fourth-order valence-electron chi connectivity index (χ4n) is 1.82. The van der Waals surface area contributed by atoms with Gasteiger partial charge in [0.1, 0.15) is 11.5 Å². The van der Waals surface area contributed by atoms with Crippen molar-refractivity contribution < 1.29 is 9.84 Å². The maximum absolute atomic E-state index is 9.60. The summed E-state index contributed by atoms with van der Waals surface area (Å²) >= 11 is 6.20. The molecule has 2 aromatic carbocycles. The normalized spacial score (nSPS) is 9.95. The van der Waals surface area contributed by atoms with E-state index in [4.69, 9.17) is 21.6 Å². The Balaban J connectivity index is 2.47. The van der Waals surface area contributed by atoms with Gasteiger partial charge in [0.25, 0.3) is 0 Å². The van der Waals surface area contributed by atoms with Gasteiger partial charge < -0.3 is 9.84 Å². The van der Waals surface area contributed by atoms with Crippen molar-refractivity contribution in [3.8, 4) is 28.7 Å². The molecule has 0 saturated heterocycles. The molecule has 1 N–H and O–H groups in total. The molecule has 0 atom stereocenters. The Labute approximate surface area is 116 Å². The number of phenols is 1. The molecule has 0 heterocycles. The van der Waals surface area contributed by atoms with Crippen molar-refractivity contribution in [3.63, 3.8) is 0 Å². The number of halogens is 1. The van der Waals surface area contributed by atoms with E-state index in [2.05, 4.69) is 0 Å². The van der Waals surface area contributed by atoms with Crippen LogP contribution in [0.4, 0.5) is 0 Å². The molecule has 0 aliphatic rings. The van der Waals surface area contributed by atoms with Crippen molar-refractivity contribution in [2.24, 2.45) is 0 Å². The molecule has 0 saturated carbocycles. The van der Waals surface area contributed by atoms with Gasteiger partial charge in [-0.1, -0.05) is 11.6 Å². The second-order valence-electron chi connectivity index (χ2n) is 3.96. The second-order valence-corrected chi connectivity index (χ2v) is 4.36. The third kappa shape index (κ3) is 2.98. The molecule has 3 nitrogen and oxygen atoms in total. The molecule has 2 rings (SSSR count). The summed E-state index contributed by atoms with van der Waals surface area (Å²) in [5.41, 5.74) is 1.84. The Morgan fingerprint density at radius 2 is 2.05 bits per heavy atom. The zero-order valence-electron chi connectivity index (χ0n) is 10.4. The van der Waals surface area contributed by atoms with Crippen molar-refractivity contribution >= 4 is 11.6 Å². The van der Waals surface area contributed by atoms with Gasteiger partial charge in [0.05, 0.1) is 23.3 Å². The van der Waals surface area contributed by atoms with Gasteiger partial charge in [-0.15, -0.1) is 0 Å². The van der Waals surface area contributed by atoms with E-state index >= 15 is 0 Å². The number of nitrogens with zero attached hydrogens (tertiary/aromatic N) is 1. The molecule has 2 aromatic rings. The van der Waals surface area contributed by atoms with E-state index in [-0.39, 0.29) is 5.75 Å². The Hall–Kier alpha value is -2.18. The van der Waals surface area contributed by atoms with E-state index in [1.165, 1.54) is 6.07 Å². The number of phenolic OH excluding ortho intramolecular Hbond substituents is 1. The predicted molar refractivity (Wildman–Crippen MR) is 74.4 cm³/mol. The fourth-order valence-corrected chi connectivity index (χ4v) is 2.10. The predicted octanol–water partition coefficient (Wildman–Crippen LogP) is 3.98. The van der Waals surface area contributed by atoms with Crippen LogP contribution in [0.15, 0.2) is 36.4 Å². The topological polar surface area (TPSA) is 53.2 Å². The van der Waals surface area contributed by atoms with Gasteiger partial charge in [0.15, 0.2) is 0 Å². The molecule has 0 bridgehead atoms. The van der Waals surface area contributed by atoms with Gasteiger partial charge in [-0.3, -0.25) is 0 Å². The Bertz CT molecular complexity index is 647. The SMILES string of the molecule is CCOc1ccc(-c2cc(O)cc(C#N)c2)c(Cl)c1. The summed E-state index contributed by atoms with van der Waals surface area (Å²) in [5, 5.41) is 19.0. The van der Waals surface area contributed by atoms with Crippen molar-refractivity contribution in [2.75, 3.05) is 6.61 Å². The van der Waals surface area contributed by atoms with E-state index in [1.807, 2.05) is 19.1 Å². The number of nitriles is 1. The van der Waals surface area contributed by atoms with Gasteiger partial charge in [-0.2, -0.15) is 5.26 Å². The van der Waals surface area contributed by atoms with Crippen LogP contribution in [-0.4, -0.2) is 11.7 Å². The lowest BCUT2D eigenvalue weighted by molar-refractivity contribution is 0.340. The molecular formula is C15H12ClNO2. The van der Waals surface area contributed by atoms with Gasteiger partial charge in [0, 0.05) is 5.56 Å². The first kappa shape index (κ1) is 13.3. The molecule has 0 radical (unpaired) electrons. The number of benzene rings is 2. The molecular weight excluding hydrogens is 262 g/mol. The summed E-state index contributed by atoms with van der Waals surface area (Å²) < 4.78 is 5.36. The number of hydrogen-bond donors (Lipinski definition) is 1. The van der Waals surface area contributed by atoms with Gasteiger partial charge in [-0.25, -0.2) is 0 Å². The van der Waals surface area contributed by atoms with Crippen molar-refractivity contribution in [2.45, 2.75) is 6.92 Å². The highest BCUT2D eigenvalue weighted by Crippen LogP contribution is 2.33. The summed E-state index contributed by atoms with van der Waals surface area (Å²) in [6.07, 6.45) is 0. The Morgan fingerprint density at radius 1 is 1.26 bits per heavy atom. The van der Waals surface area contributed by atoms with Crippen molar-refractivity contribution in [3.05, 3.63) is 47.0 Å². The zero-order valence-corrected chi connectivity index (χ0v) is 11.1. The zero-order chi connectivity index (χ0) is 13.8. The molecule has 0 spiro atoms. The minimum absolute atomic E-state index is 0.0407. The summed E-state index contributed by atoms with van der Waals surface area (Å²) in [6.45, 7) is 2.47. The van der Waals surface area contributed by atoms with Crippen LogP contribution in [0.5, 0.6) is 11.5 Å². The van der Waals surface area contributed by atoms with E-state index in [0.29, 0.717) is 28.5 Å². The lowest BCUT2D eigenvalue weighted by atomic mass is 10.0. The average Bonchev–Trinajstić information content (AvgIpc) is 2.38. The minimum Gasteiger partial charge on any atom is -0.508 e. The van der Waals surface area contributed by atoms with Crippen LogP contribution in [-0.2, 0) is 0 Å². The molecule has 0 unspecified atom stereocenters. The van der Waals surface area contributed by atoms with Gasteiger partial charge in [-0.05, 0) is 48.9 Å². The second kappa shape index (κ2) is 5.64. The van der Waals surface area contributed by atoms with Crippen LogP contribution in [0.25, 0.3) is 11.1 Å². The summed E-state index contributed by atoms with van der Waals surface area (Å²) in [4.78, 5) is 0. The molecule has 0 fully saturated rings. The van der Waals surface area contributed by atoms with Crippen LogP contribution in [0.1, 0.15) is 12.5 Å². The monoisotopic (exact) mass is 273 g/mol. The van der Waals surface area contributed by atoms with Crippen molar-refractivity contribution in [1.29, 1.82) is 5.26 Å². The highest BCUT2D eigenvalue weighted by atomic mass is 35.5. The summed E-state index contributed by atoms with van der Waals surface area (Å²) in [5.74, 6) is 0.732. The first-order chi connectivity index (χ1) is 9.13. The summed E-state index contributed by atoms with van der Waals surface area (Å²) in [7, 11) is 0. The molecule has 0 aliphatic heterocycles. The van der Waals surface area contributed by atoms with Crippen LogP contribution < -0.4 is 4.74 Å². The first-order valence-corrected chi connectivity index (χ1v) is 6.18. The highest BCUT2D eigenvalue weighted by molar-refractivity contribution is 6.33. The standard InChI is InChI=1S/C15H12ClNO2/c1-2-19-13-3-4-14(15(16)8-13)11-5-10(9-17)6-12(18)7-11/h3-8,18H,2H2,1H3. The molecule has 4 heteroatoms. The maximum Gasteiger partial charge on any atom is 0.120 e. The highest BCUT2D eigenvalue weighted by Gasteiger charge is 2.08.